The number of benzene rings is 2. The van der Waals surface area contributed by atoms with E-state index in [4.69, 9.17) is 10.5 Å². The third-order valence-corrected chi connectivity index (χ3v) is 4.81. The Morgan fingerprint density at radius 1 is 1.12 bits per heavy atom. The number of rotatable bonds is 6. The summed E-state index contributed by atoms with van der Waals surface area (Å²) in [5.74, 6) is 0.578. The molecule has 1 aliphatic carbocycles. The van der Waals surface area contributed by atoms with E-state index in [0.29, 0.717) is 12.8 Å². The van der Waals surface area contributed by atoms with Crippen molar-refractivity contribution in [2.24, 2.45) is 5.73 Å². The van der Waals surface area contributed by atoms with Crippen LogP contribution in [0.5, 0.6) is 5.75 Å². The van der Waals surface area contributed by atoms with Crippen LogP contribution in [0.2, 0.25) is 0 Å². The van der Waals surface area contributed by atoms with Gasteiger partial charge in [-0.25, -0.2) is 0 Å². The molecule has 3 heteroatoms. The Labute approximate surface area is 149 Å². The van der Waals surface area contributed by atoms with Gasteiger partial charge in [0.2, 0.25) is 5.91 Å². The van der Waals surface area contributed by atoms with Gasteiger partial charge in [0, 0.05) is 6.42 Å². The Bertz CT molecular complexity index is 767. The van der Waals surface area contributed by atoms with Gasteiger partial charge in [-0.1, -0.05) is 42.0 Å². The quantitative estimate of drug-likeness (QED) is 0.829. The van der Waals surface area contributed by atoms with Crippen molar-refractivity contribution in [3.8, 4) is 16.9 Å². The topological polar surface area (TPSA) is 52.3 Å². The highest BCUT2D eigenvalue weighted by molar-refractivity contribution is 5.80. The van der Waals surface area contributed by atoms with Crippen molar-refractivity contribution in [2.75, 3.05) is 7.11 Å². The molecule has 3 rings (SSSR count). The lowest BCUT2D eigenvalue weighted by Crippen LogP contribution is -2.11. The fraction of sp³-hybridized carbons (Fsp3) is 0.318. The van der Waals surface area contributed by atoms with Crippen LogP contribution >= 0.6 is 0 Å². The van der Waals surface area contributed by atoms with E-state index in [1.807, 2.05) is 12.1 Å². The fourth-order valence-electron chi connectivity index (χ4n) is 3.51. The highest BCUT2D eigenvalue weighted by Gasteiger charge is 2.13. The van der Waals surface area contributed by atoms with Gasteiger partial charge in [0.25, 0.3) is 0 Å². The number of allylic oxidation sites excluding steroid dienone is 1. The minimum absolute atomic E-state index is 0.264. The normalized spacial score (nSPS) is 13.7. The molecule has 3 nitrogen and oxygen atoms in total. The van der Waals surface area contributed by atoms with Gasteiger partial charge in [-0.05, 0) is 66.5 Å². The SMILES string of the molecule is COc1ccc(-c2c(C=C3CCCC3)cccc2CCC(N)=O)cc1. The summed E-state index contributed by atoms with van der Waals surface area (Å²) in [4.78, 5) is 11.3. The molecule has 0 radical (unpaired) electrons. The molecule has 2 aromatic carbocycles. The zero-order chi connectivity index (χ0) is 17.6. The number of carbonyl (C=O) groups excluding carboxylic acids is 1. The van der Waals surface area contributed by atoms with Crippen molar-refractivity contribution in [3.63, 3.8) is 0 Å². The zero-order valence-electron chi connectivity index (χ0n) is 14.8. The number of carbonyl (C=O) groups is 1. The molecule has 130 valence electrons. The van der Waals surface area contributed by atoms with E-state index >= 15 is 0 Å². The molecule has 1 amide bonds. The Balaban J connectivity index is 2.05. The predicted molar refractivity (Wildman–Crippen MR) is 102 cm³/mol. The van der Waals surface area contributed by atoms with Crippen molar-refractivity contribution in [1.82, 2.24) is 0 Å². The van der Waals surface area contributed by atoms with Crippen LogP contribution in [0.1, 0.15) is 43.2 Å². The summed E-state index contributed by atoms with van der Waals surface area (Å²) in [5.41, 5.74) is 11.6. The highest BCUT2D eigenvalue weighted by atomic mass is 16.5. The van der Waals surface area contributed by atoms with Crippen molar-refractivity contribution in [3.05, 3.63) is 59.2 Å². The fourth-order valence-corrected chi connectivity index (χ4v) is 3.51. The molecular weight excluding hydrogens is 310 g/mol. The molecule has 0 atom stereocenters. The average molecular weight is 335 g/mol. The summed E-state index contributed by atoms with van der Waals surface area (Å²) in [6, 6.07) is 14.5. The number of methoxy groups -OCH3 is 1. The summed E-state index contributed by atoms with van der Waals surface area (Å²) >= 11 is 0. The number of ether oxygens (including phenoxy) is 1. The summed E-state index contributed by atoms with van der Waals surface area (Å²) in [6.45, 7) is 0. The monoisotopic (exact) mass is 335 g/mol. The van der Waals surface area contributed by atoms with Crippen LogP contribution in [0.25, 0.3) is 17.2 Å². The second-order valence-electron chi connectivity index (χ2n) is 6.59. The van der Waals surface area contributed by atoms with Gasteiger partial charge < -0.3 is 10.5 Å². The first kappa shape index (κ1) is 17.3. The second-order valence-corrected chi connectivity index (χ2v) is 6.59. The summed E-state index contributed by atoms with van der Waals surface area (Å²) in [5, 5.41) is 0. The largest absolute Gasteiger partial charge is 0.497 e. The number of aryl methyl sites for hydroxylation is 1. The Morgan fingerprint density at radius 3 is 2.48 bits per heavy atom. The minimum Gasteiger partial charge on any atom is -0.497 e. The maximum Gasteiger partial charge on any atom is 0.217 e. The van der Waals surface area contributed by atoms with Crippen LogP contribution < -0.4 is 10.5 Å². The molecule has 1 saturated carbocycles. The molecule has 0 bridgehead atoms. The van der Waals surface area contributed by atoms with Gasteiger partial charge in [-0.15, -0.1) is 0 Å². The highest BCUT2D eigenvalue weighted by Crippen LogP contribution is 2.34. The molecule has 0 saturated heterocycles. The lowest BCUT2D eigenvalue weighted by atomic mass is 9.91. The number of amides is 1. The Hall–Kier alpha value is -2.55. The van der Waals surface area contributed by atoms with Crippen LogP contribution in [0.4, 0.5) is 0 Å². The molecule has 2 N–H and O–H groups in total. The maximum atomic E-state index is 11.3. The van der Waals surface area contributed by atoms with Gasteiger partial charge in [0.05, 0.1) is 7.11 Å². The first-order chi connectivity index (χ1) is 12.2. The van der Waals surface area contributed by atoms with E-state index in [1.54, 1.807) is 7.11 Å². The van der Waals surface area contributed by atoms with E-state index in [1.165, 1.54) is 42.4 Å². The van der Waals surface area contributed by atoms with Crippen LogP contribution in [0.3, 0.4) is 0 Å². The van der Waals surface area contributed by atoms with Gasteiger partial charge in [0.1, 0.15) is 5.75 Å². The van der Waals surface area contributed by atoms with Crippen LogP contribution in [0, 0.1) is 0 Å². The summed E-state index contributed by atoms with van der Waals surface area (Å²) < 4.78 is 5.28. The Kier molecular flexibility index (Phi) is 5.54. The standard InChI is InChI=1S/C22H25NO2/c1-25-20-12-9-18(10-13-20)22-17(11-14-21(23)24)7-4-8-19(22)15-16-5-2-3-6-16/h4,7-10,12-13,15H,2-3,5-6,11,14H2,1H3,(H2,23,24). The van der Waals surface area contributed by atoms with Gasteiger partial charge in [-0.3, -0.25) is 4.79 Å². The van der Waals surface area contributed by atoms with E-state index in [2.05, 4.69) is 36.4 Å². The van der Waals surface area contributed by atoms with E-state index < -0.39 is 0 Å². The van der Waals surface area contributed by atoms with Crippen molar-refractivity contribution in [1.29, 1.82) is 0 Å². The number of hydrogen-bond acceptors (Lipinski definition) is 2. The zero-order valence-corrected chi connectivity index (χ0v) is 14.8. The molecular formula is C22H25NO2. The third kappa shape index (κ3) is 4.30. The molecule has 0 aliphatic heterocycles. The molecule has 0 spiro atoms. The van der Waals surface area contributed by atoms with Gasteiger partial charge in [0.15, 0.2) is 0 Å². The number of nitrogens with two attached hydrogens (primary N) is 1. The first-order valence-corrected chi connectivity index (χ1v) is 8.91. The molecule has 1 fully saturated rings. The molecule has 25 heavy (non-hydrogen) atoms. The van der Waals surface area contributed by atoms with Gasteiger partial charge in [-0.2, -0.15) is 0 Å². The lowest BCUT2D eigenvalue weighted by molar-refractivity contribution is -0.117. The Morgan fingerprint density at radius 2 is 1.84 bits per heavy atom. The first-order valence-electron chi connectivity index (χ1n) is 8.91. The van der Waals surface area contributed by atoms with Crippen LogP contribution in [-0.4, -0.2) is 13.0 Å². The third-order valence-electron chi connectivity index (χ3n) is 4.81. The van der Waals surface area contributed by atoms with E-state index in [0.717, 1.165) is 16.9 Å². The molecule has 0 aromatic heterocycles. The molecule has 0 heterocycles. The smallest absolute Gasteiger partial charge is 0.217 e. The number of hydrogen-bond donors (Lipinski definition) is 1. The van der Waals surface area contributed by atoms with Crippen molar-refractivity contribution >= 4 is 12.0 Å². The molecule has 1 aliphatic rings. The average Bonchev–Trinajstić information content (AvgIpc) is 3.13. The maximum absolute atomic E-state index is 11.3. The summed E-state index contributed by atoms with van der Waals surface area (Å²) in [7, 11) is 1.67. The minimum atomic E-state index is -0.264. The van der Waals surface area contributed by atoms with Crippen molar-refractivity contribution in [2.45, 2.75) is 38.5 Å². The van der Waals surface area contributed by atoms with Crippen LogP contribution in [-0.2, 0) is 11.2 Å². The molecule has 0 unspecified atom stereocenters. The van der Waals surface area contributed by atoms with Crippen molar-refractivity contribution < 1.29 is 9.53 Å². The van der Waals surface area contributed by atoms with Gasteiger partial charge >= 0.3 is 0 Å². The summed E-state index contributed by atoms with van der Waals surface area (Å²) in [6.07, 6.45) is 8.30. The lowest BCUT2D eigenvalue weighted by Gasteiger charge is -2.14. The van der Waals surface area contributed by atoms with Crippen LogP contribution in [0.15, 0.2) is 48.0 Å². The number of primary amides is 1. The van der Waals surface area contributed by atoms with E-state index in [9.17, 15) is 4.79 Å². The predicted octanol–water partition coefficient (Wildman–Crippen LogP) is 4.74. The molecule has 2 aromatic rings. The van der Waals surface area contributed by atoms with E-state index in [-0.39, 0.29) is 5.91 Å². The second kappa shape index (κ2) is 8.02.